The van der Waals surface area contributed by atoms with Gasteiger partial charge >= 0.3 is 0 Å². The van der Waals surface area contributed by atoms with Crippen LogP contribution in [-0.4, -0.2) is 14.7 Å². The lowest BCUT2D eigenvalue weighted by atomic mass is 10.1. The first-order valence-electron chi connectivity index (χ1n) is 6.01. The van der Waals surface area contributed by atoms with E-state index >= 15 is 0 Å². The van der Waals surface area contributed by atoms with E-state index in [1.807, 2.05) is 19.4 Å². The molecule has 0 aliphatic rings. The number of rotatable bonds is 5. The number of nitrogens with zero attached hydrogens (tertiary/aromatic N) is 3. The first-order chi connectivity index (χ1) is 9.06. The Morgan fingerprint density at radius 3 is 2.63 bits per heavy atom. The van der Waals surface area contributed by atoms with Crippen LogP contribution in [0.15, 0.2) is 36.7 Å². The molecule has 0 bridgehead atoms. The summed E-state index contributed by atoms with van der Waals surface area (Å²) < 4.78 is 1.76. The van der Waals surface area contributed by atoms with E-state index in [1.54, 1.807) is 16.8 Å². The van der Waals surface area contributed by atoms with Crippen molar-refractivity contribution in [2.45, 2.75) is 19.5 Å². The van der Waals surface area contributed by atoms with Crippen molar-refractivity contribution in [2.75, 3.05) is 0 Å². The molecule has 0 saturated heterocycles. The summed E-state index contributed by atoms with van der Waals surface area (Å²) in [6, 6.07) is 6.75. The molecule has 1 aromatic carbocycles. The molecule has 2 aromatic rings. The van der Waals surface area contributed by atoms with Gasteiger partial charge in [-0.2, -0.15) is 5.10 Å². The number of aryl methyl sites for hydroxylation is 1. The molecule has 1 N–H and O–H groups in total. The summed E-state index contributed by atoms with van der Waals surface area (Å²) in [5, 5.41) is 18.0. The lowest BCUT2D eigenvalue weighted by molar-refractivity contribution is -0.384. The van der Waals surface area contributed by atoms with Crippen molar-refractivity contribution < 1.29 is 4.92 Å². The van der Waals surface area contributed by atoms with Crippen LogP contribution in [0.1, 0.15) is 24.1 Å². The smallest absolute Gasteiger partial charge is 0.269 e. The highest BCUT2D eigenvalue weighted by Gasteiger charge is 2.08. The predicted molar refractivity (Wildman–Crippen MR) is 71.6 cm³/mol. The van der Waals surface area contributed by atoms with Crippen molar-refractivity contribution in [1.82, 2.24) is 15.1 Å². The number of hydrogen-bond donors (Lipinski definition) is 1. The molecule has 1 atom stereocenters. The van der Waals surface area contributed by atoms with Gasteiger partial charge in [0, 0.05) is 43.5 Å². The number of nitro benzene ring substituents is 1. The monoisotopic (exact) mass is 260 g/mol. The zero-order chi connectivity index (χ0) is 13.8. The van der Waals surface area contributed by atoms with E-state index in [-0.39, 0.29) is 11.7 Å². The Hall–Kier alpha value is -2.21. The van der Waals surface area contributed by atoms with Crippen LogP contribution < -0.4 is 5.32 Å². The molecule has 0 radical (unpaired) electrons. The van der Waals surface area contributed by atoms with Crippen molar-refractivity contribution in [3.05, 3.63) is 57.9 Å². The summed E-state index contributed by atoms with van der Waals surface area (Å²) in [4.78, 5) is 10.2. The molecule has 1 unspecified atom stereocenters. The van der Waals surface area contributed by atoms with Gasteiger partial charge in [0.15, 0.2) is 0 Å². The first kappa shape index (κ1) is 13.2. The predicted octanol–water partition coefficient (Wildman–Crippen LogP) is 2.18. The summed E-state index contributed by atoms with van der Waals surface area (Å²) in [5.74, 6) is 0. The average molecular weight is 260 g/mol. The SMILES string of the molecule is CC(NCc1ccc([N+](=O)[O-])cc1)c1cnn(C)c1. The van der Waals surface area contributed by atoms with Crippen LogP contribution in [0, 0.1) is 10.1 Å². The average Bonchev–Trinajstić information content (AvgIpc) is 2.83. The van der Waals surface area contributed by atoms with Crippen LogP contribution in [0.25, 0.3) is 0 Å². The molecule has 100 valence electrons. The van der Waals surface area contributed by atoms with Gasteiger partial charge < -0.3 is 5.32 Å². The molecule has 0 aliphatic carbocycles. The topological polar surface area (TPSA) is 73.0 Å². The molecule has 1 aromatic heterocycles. The maximum absolute atomic E-state index is 10.5. The van der Waals surface area contributed by atoms with E-state index in [1.165, 1.54) is 12.1 Å². The molecule has 0 saturated carbocycles. The summed E-state index contributed by atoms with van der Waals surface area (Å²) in [6.07, 6.45) is 3.79. The molecule has 0 amide bonds. The second-order valence-electron chi connectivity index (χ2n) is 4.47. The van der Waals surface area contributed by atoms with Crippen molar-refractivity contribution in [1.29, 1.82) is 0 Å². The molecule has 2 rings (SSSR count). The van der Waals surface area contributed by atoms with Crippen LogP contribution in [0.5, 0.6) is 0 Å². The second-order valence-corrected chi connectivity index (χ2v) is 4.47. The highest BCUT2D eigenvalue weighted by Crippen LogP contribution is 2.14. The molecule has 6 heteroatoms. The fourth-order valence-electron chi connectivity index (χ4n) is 1.79. The zero-order valence-corrected chi connectivity index (χ0v) is 10.9. The van der Waals surface area contributed by atoms with E-state index in [2.05, 4.69) is 17.3 Å². The van der Waals surface area contributed by atoms with Gasteiger partial charge in [0.2, 0.25) is 0 Å². The Morgan fingerprint density at radius 1 is 1.42 bits per heavy atom. The first-order valence-corrected chi connectivity index (χ1v) is 6.01. The quantitative estimate of drug-likeness (QED) is 0.660. The fraction of sp³-hybridized carbons (Fsp3) is 0.308. The van der Waals surface area contributed by atoms with Gasteiger partial charge in [-0.25, -0.2) is 0 Å². The number of hydrogen-bond acceptors (Lipinski definition) is 4. The van der Waals surface area contributed by atoms with Gasteiger partial charge in [-0.1, -0.05) is 12.1 Å². The Kier molecular flexibility index (Phi) is 3.91. The second kappa shape index (κ2) is 5.62. The third-order valence-electron chi connectivity index (χ3n) is 2.98. The molecule has 0 aliphatic heterocycles. The highest BCUT2D eigenvalue weighted by molar-refractivity contribution is 5.32. The van der Waals surface area contributed by atoms with Gasteiger partial charge in [0.1, 0.15) is 0 Å². The van der Waals surface area contributed by atoms with Crippen molar-refractivity contribution >= 4 is 5.69 Å². The van der Waals surface area contributed by atoms with E-state index in [4.69, 9.17) is 0 Å². The minimum atomic E-state index is -0.393. The summed E-state index contributed by atoms with van der Waals surface area (Å²) in [7, 11) is 1.88. The van der Waals surface area contributed by atoms with Gasteiger partial charge in [-0.15, -0.1) is 0 Å². The number of aromatic nitrogens is 2. The van der Waals surface area contributed by atoms with Gasteiger partial charge in [-0.3, -0.25) is 14.8 Å². The lowest BCUT2D eigenvalue weighted by Crippen LogP contribution is -2.17. The lowest BCUT2D eigenvalue weighted by Gasteiger charge is -2.11. The summed E-state index contributed by atoms with van der Waals surface area (Å²) in [6.45, 7) is 2.72. The van der Waals surface area contributed by atoms with E-state index in [0.717, 1.165) is 11.1 Å². The molecule has 0 spiro atoms. The Labute approximate surface area is 111 Å². The van der Waals surface area contributed by atoms with Crippen LogP contribution >= 0.6 is 0 Å². The van der Waals surface area contributed by atoms with Crippen LogP contribution in [0.4, 0.5) is 5.69 Å². The van der Waals surface area contributed by atoms with E-state index < -0.39 is 4.92 Å². The molecule has 6 nitrogen and oxygen atoms in total. The Bertz CT molecular complexity index is 562. The third kappa shape index (κ3) is 3.38. The maximum Gasteiger partial charge on any atom is 0.269 e. The van der Waals surface area contributed by atoms with Crippen molar-refractivity contribution in [3.8, 4) is 0 Å². The summed E-state index contributed by atoms with van der Waals surface area (Å²) in [5.41, 5.74) is 2.25. The maximum atomic E-state index is 10.5. The molecule has 19 heavy (non-hydrogen) atoms. The van der Waals surface area contributed by atoms with E-state index in [0.29, 0.717) is 6.54 Å². The van der Waals surface area contributed by atoms with Crippen LogP contribution in [0.2, 0.25) is 0 Å². The number of non-ortho nitro benzene ring substituents is 1. The van der Waals surface area contributed by atoms with Gasteiger partial charge in [0.25, 0.3) is 5.69 Å². The molecule has 0 fully saturated rings. The van der Waals surface area contributed by atoms with Crippen molar-refractivity contribution in [3.63, 3.8) is 0 Å². The van der Waals surface area contributed by atoms with Gasteiger partial charge in [0.05, 0.1) is 11.1 Å². The normalized spacial score (nSPS) is 12.3. The van der Waals surface area contributed by atoms with Crippen molar-refractivity contribution in [2.24, 2.45) is 7.05 Å². The van der Waals surface area contributed by atoms with Gasteiger partial charge in [-0.05, 0) is 12.5 Å². The molecular weight excluding hydrogens is 244 g/mol. The zero-order valence-electron chi connectivity index (χ0n) is 10.9. The highest BCUT2D eigenvalue weighted by atomic mass is 16.6. The fourth-order valence-corrected chi connectivity index (χ4v) is 1.79. The molecular formula is C13H16N4O2. The third-order valence-corrected chi connectivity index (χ3v) is 2.98. The molecule has 1 heterocycles. The van der Waals surface area contributed by atoms with Crippen LogP contribution in [-0.2, 0) is 13.6 Å². The van der Waals surface area contributed by atoms with E-state index in [9.17, 15) is 10.1 Å². The summed E-state index contributed by atoms with van der Waals surface area (Å²) >= 11 is 0. The standard InChI is InChI=1S/C13H16N4O2/c1-10(12-8-15-16(2)9-12)14-7-11-3-5-13(6-4-11)17(18)19/h3-6,8-10,14H,7H2,1-2H3. The minimum absolute atomic E-state index is 0.115. The number of nitrogens with one attached hydrogen (secondary N) is 1. The largest absolute Gasteiger partial charge is 0.306 e. The minimum Gasteiger partial charge on any atom is -0.306 e. The van der Waals surface area contributed by atoms with Crippen LogP contribution in [0.3, 0.4) is 0 Å². The Balaban J connectivity index is 1.93. The number of benzene rings is 1. The Morgan fingerprint density at radius 2 is 2.11 bits per heavy atom. The number of nitro groups is 1.